The Hall–Kier alpha value is -1.69. The molecule has 2 aliphatic heterocycles. The maximum atomic E-state index is 12.1. The quantitative estimate of drug-likeness (QED) is 0.812. The van der Waals surface area contributed by atoms with E-state index in [9.17, 15) is 4.79 Å². The average Bonchev–Trinajstić information content (AvgIpc) is 2.44. The Morgan fingerprint density at radius 1 is 1.26 bits per heavy atom. The van der Waals surface area contributed by atoms with E-state index >= 15 is 0 Å². The fourth-order valence-electron chi connectivity index (χ4n) is 2.51. The molecule has 19 heavy (non-hydrogen) atoms. The van der Waals surface area contributed by atoms with Crippen LogP contribution in [-0.4, -0.2) is 60.0 Å². The van der Waals surface area contributed by atoms with Gasteiger partial charge in [-0.3, -0.25) is 9.78 Å². The molecule has 0 atom stereocenters. The van der Waals surface area contributed by atoms with Gasteiger partial charge in [0.1, 0.15) is 5.82 Å². The van der Waals surface area contributed by atoms with Crippen LogP contribution < -0.4 is 10.2 Å². The van der Waals surface area contributed by atoms with Crippen LogP contribution in [0.2, 0.25) is 0 Å². The van der Waals surface area contributed by atoms with Crippen LogP contribution in [-0.2, 0) is 4.79 Å². The van der Waals surface area contributed by atoms with Crippen molar-refractivity contribution in [1.82, 2.24) is 20.2 Å². The number of nitrogens with one attached hydrogen (secondary N) is 1. The van der Waals surface area contributed by atoms with E-state index in [-0.39, 0.29) is 0 Å². The van der Waals surface area contributed by atoms with Crippen molar-refractivity contribution in [3.05, 3.63) is 18.6 Å². The number of rotatable bonds is 3. The molecule has 102 valence electrons. The molecule has 2 saturated heterocycles. The summed E-state index contributed by atoms with van der Waals surface area (Å²) in [6.07, 6.45) is 5.85. The Balaban J connectivity index is 1.50. The molecular weight excluding hydrogens is 242 g/mol. The van der Waals surface area contributed by atoms with Gasteiger partial charge in [0.25, 0.3) is 0 Å². The lowest BCUT2D eigenvalue weighted by Gasteiger charge is -2.36. The third-order valence-electron chi connectivity index (χ3n) is 3.84. The Morgan fingerprint density at radius 2 is 2.05 bits per heavy atom. The second-order valence-electron chi connectivity index (χ2n) is 5.16. The molecule has 2 aliphatic rings. The van der Waals surface area contributed by atoms with Crippen LogP contribution in [0.5, 0.6) is 0 Å². The minimum Gasteiger partial charge on any atom is -0.352 e. The molecule has 0 aromatic carbocycles. The van der Waals surface area contributed by atoms with Crippen LogP contribution >= 0.6 is 0 Å². The van der Waals surface area contributed by atoms with Gasteiger partial charge in [0.2, 0.25) is 5.91 Å². The molecule has 2 fully saturated rings. The Kier molecular flexibility index (Phi) is 3.59. The second-order valence-corrected chi connectivity index (χ2v) is 5.16. The van der Waals surface area contributed by atoms with E-state index in [1.807, 2.05) is 4.90 Å². The number of aromatic nitrogens is 2. The highest BCUT2D eigenvalue weighted by Crippen LogP contribution is 2.15. The zero-order chi connectivity index (χ0) is 13.1. The molecule has 1 aromatic rings. The summed E-state index contributed by atoms with van der Waals surface area (Å²) >= 11 is 0. The number of carbonyl (C=O) groups excluding carboxylic acids is 1. The summed E-state index contributed by atoms with van der Waals surface area (Å²) < 4.78 is 0. The van der Waals surface area contributed by atoms with Crippen molar-refractivity contribution in [2.45, 2.75) is 6.42 Å². The van der Waals surface area contributed by atoms with Gasteiger partial charge in [-0.2, -0.15) is 0 Å². The van der Waals surface area contributed by atoms with Gasteiger partial charge in [-0.15, -0.1) is 0 Å². The third kappa shape index (κ3) is 2.84. The molecule has 0 unspecified atom stereocenters. The molecule has 6 nitrogen and oxygen atoms in total. The van der Waals surface area contributed by atoms with Crippen molar-refractivity contribution in [3.63, 3.8) is 0 Å². The van der Waals surface area contributed by atoms with Gasteiger partial charge in [-0.05, 0) is 19.0 Å². The summed E-state index contributed by atoms with van der Waals surface area (Å²) in [4.78, 5) is 24.6. The van der Waals surface area contributed by atoms with E-state index in [0.717, 1.165) is 45.1 Å². The lowest BCUT2D eigenvalue weighted by molar-refractivity contribution is -0.132. The zero-order valence-electron chi connectivity index (χ0n) is 11.0. The van der Waals surface area contributed by atoms with Crippen molar-refractivity contribution in [1.29, 1.82) is 0 Å². The highest BCUT2D eigenvalue weighted by molar-refractivity contribution is 5.77. The first kappa shape index (κ1) is 12.3. The molecule has 0 spiro atoms. The third-order valence-corrected chi connectivity index (χ3v) is 3.84. The van der Waals surface area contributed by atoms with Crippen LogP contribution in [0.15, 0.2) is 18.6 Å². The SMILES string of the molecule is O=C(CC1CNC1)N1CCN(c2cnccn2)CC1. The lowest BCUT2D eigenvalue weighted by Crippen LogP contribution is -2.51. The second kappa shape index (κ2) is 5.52. The van der Waals surface area contributed by atoms with Gasteiger partial charge >= 0.3 is 0 Å². The van der Waals surface area contributed by atoms with Crippen molar-refractivity contribution in [2.24, 2.45) is 5.92 Å². The Labute approximate surface area is 112 Å². The summed E-state index contributed by atoms with van der Waals surface area (Å²) in [5, 5.41) is 3.20. The maximum absolute atomic E-state index is 12.1. The van der Waals surface area contributed by atoms with Crippen LogP contribution in [0.1, 0.15) is 6.42 Å². The van der Waals surface area contributed by atoms with Gasteiger partial charge in [0, 0.05) is 45.0 Å². The molecule has 1 N–H and O–H groups in total. The van der Waals surface area contributed by atoms with E-state index in [1.54, 1.807) is 18.6 Å². The van der Waals surface area contributed by atoms with Crippen LogP contribution in [0.3, 0.4) is 0 Å². The smallest absolute Gasteiger partial charge is 0.223 e. The van der Waals surface area contributed by atoms with Gasteiger partial charge in [0.05, 0.1) is 6.20 Å². The first-order valence-electron chi connectivity index (χ1n) is 6.82. The maximum Gasteiger partial charge on any atom is 0.223 e. The number of anilines is 1. The van der Waals surface area contributed by atoms with Crippen molar-refractivity contribution >= 4 is 11.7 Å². The molecule has 3 rings (SSSR count). The predicted molar refractivity (Wildman–Crippen MR) is 71.8 cm³/mol. The lowest BCUT2D eigenvalue weighted by atomic mass is 9.98. The van der Waals surface area contributed by atoms with E-state index in [0.29, 0.717) is 18.2 Å². The van der Waals surface area contributed by atoms with E-state index in [4.69, 9.17) is 0 Å². The standard InChI is InChI=1S/C13H19N5O/c19-13(7-11-8-15-9-11)18-5-3-17(4-6-18)12-10-14-1-2-16-12/h1-2,10-11,15H,3-9H2. The Morgan fingerprint density at radius 3 is 2.63 bits per heavy atom. The molecule has 1 aromatic heterocycles. The summed E-state index contributed by atoms with van der Waals surface area (Å²) in [6.45, 7) is 5.24. The molecule has 3 heterocycles. The van der Waals surface area contributed by atoms with Crippen molar-refractivity contribution in [2.75, 3.05) is 44.2 Å². The zero-order valence-corrected chi connectivity index (χ0v) is 11.0. The first-order valence-corrected chi connectivity index (χ1v) is 6.82. The van der Waals surface area contributed by atoms with Gasteiger partial charge in [-0.1, -0.05) is 0 Å². The number of hydrogen-bond donors (Lipinski definition) is 1. The Bertz CT molecular complexity index is 426. The molecule has 0 aliphatic carbocycles. The first-order chi connectivity index (χ1) is 9.33. The van der Waals surface area contributed by atoms with Crippen LogP contribution in [0, 0.1) is 5.92 Å². The van der Waals surface area contributed by atoms with Gasteiger partial charge in [-0.25, -0.2) is 4.98 Å². The number of nitrogens with zero attached hydrogens (tertiary/aromatic N) is 4. The molecule has 0 saturated carbocycles. The monoisotopic (exact) mass is 261 g/mol. The number of piperazine rings is 1. The highest BCUT2D eigenvalue weighted by Gasteiger charge is 2.26. The van der Waals surface area contributed by atoms with E-state index in [1.165, 1.54) is 0 Å². The summed E-state index contributed by atoms with van der Waals surface area (Å²) in [5.74, 6) is 1.74. The number of hydrogen-bond acceptors (Lipinski definition) is 5. The fraction of sp³-hybridized carbons (Fsp3) is 0.615. The van der Waals surface area contributed by atoms with Crippen LogP contribution in [0.25, 0.3) is 0 Å². The largest absolute Gasteiger partial charge is 0.352 e. The number of carbonyl (C=O) groups is 1. The average molecular weight is 261 g/mol. The molecule has 0 radical (unpaired) electrons. The molecule has 6 heteroatoms. The topological polar surface area (TPSA) is 61.4 Å². The summed E-state index contributed by atoms with van der Waals surface area (Å²) in [7, 11) is 0. The fourth-order valence-corrected chi connectivity index (χ4v) is 2.51. The van der Waals surface area contributed by atoms with E-state index < -0.39 is 0 Å². The highest BCUT2D eigenvalue weighted by atomic mass is 16.2. The van der Waals surface area contributed by atoms with Crippen molar-refractivity contribution < 1.29 is 4.79 Å². The summed E-state index contributed by atoms with van der Waals surface area (Å²) in [6, 6.07) is 0. The predicted octanol–water partition coefficient (Wildman–Crippen LogP) is -0.265. The van der Waals surface area contributed by atoms with Crippen molar-refractivity contribution in [3.8, 4) is 0 Å². The molecular formula is C13H19N5O. The minimum atomic E-state index is 0.297. The number of amides is 1. The minimum absolute atomic E-state index is 0.297. The summed E-state index contributed by atoms with van der Waals surface area (Å²) in [5.41, 5.74) is 0. The van der Waals surface area contributed by atoms with Gasteiger partial charge < -0.3 is 15.1 Å². The normalized spacial score (nSPS) is 20.2. The van der Waals surface area contributed by atoms with Crippen LogP contribution in [0.4, 0.5) is 5.82 Å². The molecule has 0 bridgehead atoms. The van der Waals surface area contributed by atoms with E-state index in [2.05, 4.69) is 20.2 Å². The van der Waals surface area contributed by atoms with Gasteiger partial charge in [0.15, 0.2) is 0 Å². The molecule has 1 amide bonds.